The van der Waals surface area contributed by atoms with Crippen molar-refractivity contribution in [1.82, 2.24) is 0 Å². The van der Waals surface area contributed by atoms with E-state index in [-0.39, 0.29) is 35.1 Å². The zero-order valence-corrected chi connectivity index (χ0v) is 24.2. The van der Waals surface area contributed by atoms with E-state index in [1.807, 2.05) is 0 Å². The molecule has 39 heavy (non-hydrogen) atoms. The van der Waals surface area contributed by atoms with Crippen molar-refractivity contribution in [2.24, 2.45) is 70.0 Å². The van der Waals surface area contributed by atoms with Crippen LogP contribution >= 0.6 is 0 Å². The van der Waals surface area contributed by atoms with Crippen LogP contribution in [0.3, 0.4) is 0 Å². The van der Waals surface area contributed by atoms with E-state index in [9.17, 15) is 14.4 Å². The minimum Gasteiger partial charge on any atom is -0.458 e. The maximum absolute atomic E-state index is 14.2. The van der Waals surface area contributed by atoms with Crippen LogP contribution in [0.1, 0.15) is 98.3 Å². The molecule has 0 aromatic carbocycles. The van der Waals surface area contributed by atoms with Gasteiger partial charge in [-0.15, -0.1) is 0 Å². The predicted octanol–water partition coefficient (Wildman–Crippen LogP) is 5.71. The molecule has 1 aliphatic heterocycles. The standard InChI is InChI=1S/C33H46O6/c1-5-31(4,32-12-18-6-19(13-32)8-20(7-18)14-32)39-30(36)33-15-22-11-25(33)27(38-29(33)35)26(22)37-28(34)24-10-21-9-23(24)17(3)16(21)2/h16-27H,5-15H2,1-4H3. The summed E-state index contributed by atoms with van der Waals surface area (Å²) in [4.78, 5) is 41.0. The normalized spacial score (nSPS) is 55.1. The summed E-state index contributed by atoms with van der Waals surface area (Å²) in [6, 6.07) is 0. The Morgan fingerprint density at radius 1 is 0.923 bits per heavy atom. The van der Waals surface area contributed by atoms with Crippen LogP contribution in [0.2, 0.25) is 0 Å². The Bertz CT molecular complexity index is 1080. The number of fused-ring (bicyclic) bond motifs is 3. The first-order valence-electron chi connectivity index (χ1n) is 16.2. The van der Waals surface area contributed by atoms with Gasteiger partial charge in [-0.3, -0.25) is 14.4 Å². The van der Waals surface area contributed by atoms with Crippen molar-refractivity contribution in [2.75, 3.05) is 0 Å². The minimum atomic E-state index is -1.21. The second kappa shape index (κ2) is 8.03. The molecular weight excluding hydrogens is 492 g/mol. The van der Waals surface area contributed by atoms with Gasteiger partial charge in [-0.2, -0.15) is 0 Å². The van der Waals surface area contributed by atoms with E-state index >= 15 is 0 Å². The first kappa shape index (κ1) is 25.1. The Morgan fingerprint density at radius 2 is 1.59 bits per heavy atom. The second-order valence-corrected chi connectivity index (χ2v) is 15.9. The van der Waals surface area contributed by atoms with Gasteiger partial charge in [-0.25, -0.2) is 0 Å². The van der Waals surface area contributed by atoms with E-state index in [1.165, 1.54) is 19.3 Å². The van der Waals surface area contributed by atoms with E-state index in [2.05, 4.69) is 27.7 Å². The molecule has 9 rings (SSSR count). The molecule has 11 atom stereocenters. The van der Waals surface area contributed by atoms with Crippen LogP contribution in [-0.4, -0.2) is 35.7 Å². The third-order valence-corrected chi connectivity index (χ3v) is 14.5. The summed E-state index contributed by atoms with van der Waals surface area (Å²) in [6.45, 7) is 8.89. The Kier molecular flexibility index (Phi) is 5.18. The zero-order chi connectivity index (χ0) is 27.1. The van der Waals surface area contributed by atoms with E-state index in [0.717, 1.165) is 56.3 Å². The van der Waals surface area contributed by atoms with Gasteiger partial charge in [0.15, 0.2) is 5.41 Å². The number of hydrogen-bond donors (Lipinski definition) is 0. The van der Waals surface area contributed by atoms with Crippen LogP contribution in [0.4, 0.5) is 0 Å². The van der Waals surface area contributed by atoms with Gasteiger partial charge in [0.25, 0.3) is 0 Å². The molecule has 0 amide bonds. The Labute approximate surface area is 232 Å². The number of carbonyl (C=O) groups is 3. The van der Waals surface area contributed by atoms with Crippen molar-refractivity contribution < 1.29 is 28.6 Å². The highest BCUT2D eigenvalue weighted by atomic mass is 16.6. The lowest BCUT2D eigenvalue weighted by Crippen LogP contribution is -2.60. The fraction of sp³-hybridized carbons (Fsp3) is 0.909. The summed E-state index contributed by atoms with van der Waals surface area (Å²) in [5.41, 5.74) is -1.74. The topological polar surface area (TPSA) is 78.9 Å². The van der Waals surface area contributed by atoms with Crippen LogP contribution in [0.25, 0.3) is 0 Å². The molecule has 9 fully saturated rings. The van der Waals surface area contributed by atoms with Crippen molar-refractivity contribution in [3.63, 3.8) is 0 Å². The number of hydrogen-bond acceptors (Lipinski definition) is 6. The number of esters is 3. The van der Waals surface area contributed by atoms with Gasteiger partial charge in [0.1, 0.15) is 17.8 Å². The Morgan fingerprint density at radius 3 is 2.18 bits per heavy atom. The molecule has 9 aliphatic rings. The highest BCUT2D eigenvalue weighted by Crippen LogP contribution is 2.67. The highest BCUT2D eigenvalue weighted by molar-refractivity contribution is 6.03. The number of rotatable bonds is 6. The lowest BCUT2D eigenvalue weighted by molar-refractivity contribution is -0.215. The second-order valence-electron chi connectivity index (χ2n) is 15.9. The fourth-order valence-electron chi connectivity index (χ4n) is 12.5. The lowest BCUT2D eigenvalue weighted by atomic mass is 9.45. The van der Waals surface area contributed by atoms with Crippen LogP contribution in [0.5, 0.6) is 0 Å². The quantitative estimate of drug-likeness (QED) is 0.245. The van der Waals surface area contributed by atoms with E-state index in [4.69, 9.17) is 14.2 Å². The molecule has 0 radical (unpaired) electrons. The maximum Gasteiger partial charge on any atom is 0.324 e. The average molecular weight is 539 g/mol. The predicted molar refractivity (Wildman–Crippen MR) is 142 cm³/mol. The van der Waals surface area contributed by atoms with Crippen molar-refractivity contribution >= 4 is 17.9 Å². The van der Waals surface area contributed by atoms with Crippen molar-refractivity contribution in [3.05, 3.63) is 0 Å². The van der Waals surface area contributed by atoms with Gasteiger partial charge in [0, 0.05) is 17.3 Å². The van der Waals surface area contributed by atoms with Crippen LogP contribution in [0, 0.1) is 70.0 Å². The average Bonchev–Trinajstić information content (AvgIpc) is 3.66. The largest absolute Gasteiger partial charge is 0.458 e. The lowest BCUT2D eigenvalue weighted by Gasteiger charge is -2.62. The molecule has 0 aromatic heterocycles. The molecule has 1 heterocycles. The third kappa shape index (κ3) is 3.13. The molecule has 6 nitrogen and oxygen atoms in total. The van der Waals surface area contributed by atoms with Crippen LogP contribution < -0.4 is 0 Å². The van der Waals surface area contributed by atoms with Gasteiger partial charge in [-0.1, -0.05) is 20.8 Å². The Balaban J connectivity index is 0.995. The molecule has 0 spiro atoms. The fourth-order valence-corrected chi connectivity index (χ4v) is 12.5. The summed E-state index contributed by atoms with van der Waals surface area (Å²) in [5, 5.41) is 0. The van der Waals surface area contributed by atoms with Gasteiger partial charge in [0.05, 0.1) is 5.92 Å². The molecule has 8 saturated carbocycles. The van der Waals surface area contributed by atoms with Gasteiger partial charge < -0.3 is 14.2 Å². The molecule has 214 valence electrons. The van der Waals surface area contributed by atoms with Gasteiger partial charge in [-0.05, 0) is 119 Å². The molecule has 0 aromatic rings. The first-order chi connectivity index (χ1) is 18.6. The van der Waals surface area contributed by atoms with Gasteiger partial charge in [0.2, 0.25) is 0 Å². The monoisotopic (exact) mass is 538 g/mol. The molecule has 6 heteroatoms. The van der Waals surface area contributed by atoms with Crippen LogP contribution in [-0.2, 0) is 28.6 Å². The SMILES string of the molecule is CCC(C)(OC(=O)C12CC3CC1C(OC2=O)C3OC(=O)C1CC2CC1C(C)C2C)C12CC3CC(CC(C3)C1)C2. The number of carbonyl (C=O) groups excluding carboxylic acids is 3. The molecule has 1 saturated heterocycles. The summed E-state index contributed by atoms with van der Waals surface area (Å²) >= 11 is 0. The Hall–Kier alpha value is -1.59. The summed E-state index contributed by atoms with van der Waals surface area (Å²) in [6.07, 6.45) is 10.5. The smallest absolute Gasteiger partial charge is 0.324 e. The molecular formula is C33H46O6. The van der Waals surface area contributed by atoms with Gasteiger partial charge >= 0.3 is 17.9 Å². The molecule has 8 bridgehead atoms. The molecule has 11 unspecified atom stereocenters. The minimum absolute atomic E-state index is 0.00896. The van der Waals surface area contributed by atoms with E-state index in [1.54, 1.807) is 0 Å². The van der Waals surface area contributed by atoms with Crippen LogP contribution in [0.15, 0.2) is 0 Å². The van der Waals surface area contributed by atoms with E-state index < -0.39 is 29.2 Å². The molecule has 8 aliphatic carbocycles. The number of ether oxygens (including phenoxy) is 3. The summed E-state index contributed by atoms with van der Waals surface area (Å²) in [7, 11) is 0. The molecule has 0 N–H and O–H groups in total. The van der Waals surface area contributed by atoms with E-state index in [0.29, 0.717) is 36.5 Å². The highest BCUT2D eigenvalue weighted by Gasteiger charge is 2.76. The third-order valence-electron chi connectivity index (χ3n) is 14.5. The summed E-state index contributed by atoms with van der Waals surface area (Å²) in [5.74, 6) is 3.38. The zero-order valence-electron chi connectivity index (χ0n) is 24.2. The van der Waals surface area contributed by atoms with Crippen molar-refractivity contribution in [3.8, 4) is 0 Å². The van der Waals surface area contributed by atoms with Crippen molar-refractivity contribution in [2.45, 2.75) is 116 Å². The first-order valence-corrected chi connectivity index (χ1v) is 16.2. The maximum atomic E-state index is 14.2. The summed E-state index contributed by atoms with van der Waals surface area (Å²) < 4.78 is 18.7. The van der Waals surface area contributed by atoms with Crippen molar-refractivity contribution in [1.29, 1.82) is 0 Å².